The lowest BCUT2D eigenvalue weighted by atomic mass is 10.1. The number of nitrogens with one attached hydrogen (secondary N) is 3. The van der Waals surface area contributed by atoms with Gasteiger partial charge in [-0.2, -0.15) is 13.2 Å². The predicted octanol–water partition coefficient (Wildman–Crippen LogP) is 3.28. The van der Waals surface area contributed by atoms with Crippen LogP contribution in [0.2, 0.25) is 0 Å². The average Bonchev–Trinajstić information content (AvgIpc) is 2.61. The number of anilines is 1. The molecular formula is C17H15F5N4O. The van der Waals surface area contributed by atoms with Crippen LogP contribution in [-0.4, -0.2) is 24.1 Å². The quantitative estimate of drug-likeness (QED) is 0.527. The Labute approximate surface area is 151 Å². The third-order valence-electron chi connectivity index (χ3n) is 3.39. The molecule has 5 nitrogen and oxygen atoms in total. The highest BCUT2D eigenvalue weighted by Gasteiger charge is 2.35. The fourth-order valence-electron chi connectivity index (χ4n) is 2.11. The molecule has 2 rings (SSSR count). The number of carbonyl (C=O) groups excluding carboxylic acids is 1. The van der Waals surface area contributed by atoms with Crippen LogP contribution < -0.4 is 16.0 Å². The van der Waals surface area contributed by atoms with Crippen molar-refractivity contribution in [3.63, 3.8) is 0 Å². The lowest BCUT2D eigenvalue weighted by molar-refractivity contribution is -0.137. The molecule has 0 saturated carbocycles. The molecule has 0 saturated heterocycles. The van der Waals surface area contributed by atoms with Crippen molar-refractivity contribution in [2.45, 2.75) is 12.3 Å². The summed E-state index contributed by atoms with van der Waals surface area (Å²) >= 11 is 0. The molecule has 1 heterocycles. The molecule has 0 aliphatic carbocycles. The van der Waals surface area contributed by atoms with E-state index in [4.69, 9.17) is 0 Å². The van der Waals surface area contributed by atoms with Gasteiger partial charge in [-0.1, -0.05) is 12.1 Å². The number of hydrogen-bond donors (Lipinski definition) is 3. The summed E-state index contributed by atoms with van der Waals surface area (Å²) in [7, 11) is 1.46. The summed E-state index contributed by atoms with van der Waals surface area (Å²) in [5, 5.41) is 7.46. The molecule has 1 aromatic carbocycles. The number of pyridine rings is 1. The van der Waals surface area contributed by atoms with E-state index in [1.807, 2.05) is 0 Å². The van der Waals surface area contributed by atoms with E-state index in [0.717, 1.165) is 18.3 Å². The van der Waals surface area contributed by atoms with Crippen LogP contribution in [0.4, 0.5) is 27.8 Å². The minimum atomic E-state index is -4.67. The Bertz CT molecular complexity index is 838. The second-order valence-electron chi connectivity index (χ2n) is 5.27. The molecule has 1 aromatic heterocycles. The van der Waals surface area contributed by atoms with Gasteiger partial charge in [0.25, 0.3) is 5.91 Å². The third-order valence-corrected chi connectivity index (χ3v) is 3.39. The van der Waals surface area contributed by atoms with Crippen molar-refractivity contribution in [3.05, 3.63) is 71.6 Å². The molecule has 0 radical (unpaired) electrons. The maximum atomic E-state index is 13.5. The topological polar surface area (TPSA) is 66.1 Å². The third kappa shape index (κ3) is 5.48. The number of rotatable bonds is 6. The Morgan fingerprint density at radius 1 is 1.22 bits per heavy atom. The number of likely N-dealkylation sites (N-methyl/N-ethyl adjacent to an activating group) is 1. The van der Waals surface area contributed by atoms with E-state index in [0.29, 0.717) is 6.07 Å². The Balaban J connectivity index is 2.07. The number of aromatic nitrogens is 1. The lowest BCUT2D eigenvalue weighted by Crippen LogP contribution is -2.42. The van der Waals surface area contributed by atoms with Crippen molar-refractivity contribution in [2.75, 3.05) is 12.4 Å². The fraction of sp³-hybridized carbons (Fsp3) is 0.176. The van der Waals surface area contributed by atoms with Gasteiger partial charge in [-0.05, 0) is 25.3 Å². The van der Waals surface area contributed by atoms with E-state index in [1.165, 1.54) is 31.5 Å². The van der Waals surface area contributed by atoms with E-state index in [9.17, 15) is 26.7 Å². The van der Waals surface area contributed by atoms with Gasteiger partial charge in [0.1, 0.15) is 12.0 Å². The van der Waals surface area contributed by atoms with E-state index in [1.54, 1.807) is 0 Å². The van der Waals surface area contributed by atoms with E-state index in [-0.39, 0.29) is 5.82 Å². The number of benzene rings is 1. The Hall–Kier alpha value is -3.01. The zero-order valence-corrected chi connectivity index (χ0v) is 13.9. The van der Waals surface area contributed by atoms with E-state index in [2.05, 4.69) is 20.9 Å². The molecule has 1 unspecified atom stereocenters. The molecule has 0 spiro atoms. The minimum Gasteiger partial charge on any atom is -0.344 e. The first kappa shape index (κ1) is 20.3. The van der Waals surface area contributed by atoms with Gasteiger partial charge in [0.2, 0.25) is 0 Å². The first-order valence-electron chi connectivity index (χ1n) is 7.61. The van der Waals surface area contributed by atoms with E-state index < -0.39 is 41.0 Å². The number of amides is 1. The van der Waals surface area contributed by atoms with Gasteiger partial charge < -0.3 is 10.6 Å². The number of nitrogens with zero attached hydrogens (tertiary/aromatic N) is 1. The van der Waals surface area contributed by atoms with Gasteiger partial charge in [-0.3, -0.25) is 10.1 Å². The number of alkyl halides is 3. The van der Waals surface area contributed by atoms with Gasteiger partial charge in [-0.25, -0.2) is 13.8 Å². The molecule has 27 heavy (non-hydrogen) atoms. The summed E-state index contributed by atoms with van der Waals surface area (Å²) < 4.78 is 65.2. The van der Waals surface area contributed by atoms with Gasteiger partial charge in [-0.15, -0.1) is 0 Å². The second kappa shape index (κ2) is 8.58. The van der Waals surface area contributed by atoms with Crippen LogP contribution in [0.5, 0.6) is 0 Å². The fourth-order valence-corrected chi connectivity index (χ4v) is 2.11. The molecule has 2 aromatic rings. The Morgan fingerprint density at radius 3 is 2.56 bits per heavy atom. The van der Waals surface area contributed by atoms with E-state index >= 15 is 0 Å². The van der Waals surface area contributed by atoms with Gasteiger partial charge in [0.05, 0.1) is 17.3 Å². The van der Waals surface area contributed by atoms with Crippen LogP contribution >= 0.6 is 0 Å². The summed E-state index contributed by atoms with van der Waals surface area (Å²) in [4.78, 5) is 15.7. The summed E-state index contributed by atoms with van der Waals surface area (Å²) in [6.07, 6.45) is -2.20. The van der Waals surface area contributed by atoms with Gasteiger partial charge in [0, 0.05) is 12.3 Å². The largest absolute Gasteiger partial charge is 0.417 e. The number of carbonyl (C=O) groups is 1. The molecule has 0 aliphatic rings. The number of halogens is 5. The first-order valence-corrected chi connectivity index (χ1v) is 7.61. The first-order chi connectivity index (χ1) is 12.7. The predicted molar refractivity (Wildman–Crippen MR) is 88.7 cm³/mol. The SMILES string of the molecule is CNC(/C=C\Nc1ncc(F)cc1F)NC(=O)c1ccccc1C(F)(F)F. The highest BCUT2D eigenvalue weighted by Crippen LogP contribution is 2.31. The van der Waals surface area contributed by atoms with Crippen LogP contribution in [-0.2, 0) is 6.18 Å². The standard InChI is InChI=1S/C17H15F5N4O/c1-23-14(6-7-24-15-13(19)8-10(18)9-25-15)26-16(27)11-4-2-3-5-12(11)17(20,21)22/h2-9,14,23H,1H3,(H,24,25)(H,26,27)/b7-6-. The van der Waals surface area contributed by atoms with Crippen molar-refractivity contribution >= 4 is 11.7 Å². The molecule has 10 heteroatoms. The molecule has 3 N–H and O–H groups in total. The Kier molecular flexibility index (Phi) is 6.45. The van der Waals surface area contributed by atoms with Gasteiger partial charge in [0.15, 0.2) is 11.6 Å². The van der Waals surface area contributed by atoms with Crippen molar-refractivity contribution in [1.29, 1.82) is 0 Å². The van der Waals surface area contributed by atoms with Crippen molar-refractivity contribution < 1.29 is 26.7 Å². The van der Waals surface area contributed by atoms with Crippen LogP contribution in [0.3, 0.4) is 0 Å². The van der Waals surface area contributed by atoms with Crippen molar-refractivity contribution in [1.82, 2.24) is 15.6 Å². The van der Waals surface area contributed by atoms with Gasteiger partial charge >= 0.3 is 6.18 Å². The second-order valence-corrected chi connectivity index (χ2v) is 5.27. The smallest absolute Gasteiger partial charge is 0.344 e. The summed E-state index contributed by atoms with van der Waals surface area (Å²) in [6, 6.07) is 5.00. The molecule has 0 aliphatic heterocycles. The molecular weight excluding hydrogens is 371 g/mol. The molecule has 0 fully saturated rings. The molecule has 1 atom stereocenters. The average molecular weight is 386 g/mol. The molecule has 1 amide bonds. The normalized spacial score (nSPS) is 12.8. The zero-order valence-electron chi connectivity index (χ0n) is 13.9. The summed E-state index contributed by atoms with van der Waals surface area (Å²) in [5.74, 6) is -2.97. The van der Waals surface area contributed by atoms with Crippen LogP contribution in [0.15, 0.2) is 48.8 Å². The van der Waals surface area contributed by atoms with Crippen molar-refractivity contribution in [2.24, 2.45) is 0 Å². The van der Waals surface area contributed by atoms with Crippen LogP contribution in [0, 0.1) is 11.6 Å². The molecule has 0 bridgehead atoms. The zero-order chi connectivity index (χ0) is 20.0. The monoisotopic (exact) mass is 386 g/mol. The van der Waals surface area contributed by atoms with Crippen LogP contribution in [0.1, 0.15) is 15.9 Å². The van der Waals surface area contributed by atoms with Crippen LogP contribution in [0.25, 0.3) is 0 Å². The maximum absolute atomic E-state index is 13.5. The highest BCUT2D eigenvalue weighted by atomic mass is 19.4. The minimum absolute atomic E-state index is 0.253. The summed E-state index contributed by atoms with van der Waals surface area (Å²) in [5.41, 5.74) is -1.59. The lowest BCUT2D eigenvalue weighted by Gasteiger charge is -2.17. The highest BCUT2D eigenvalue weighted by molar-refractivity contribution is 5.96. The Morgan fingerprint density at radius 2 is 1.93 bits per heavy atom. The summed E-state index contributed by atoms with van der Waals surface area (Å²) in [6.45, 7) is 0. The number of hydrogen-bond acceptors (Lipinski definition) is 4. The molecule has 144 valence electrons. The maximum Gasteiger partial charge on any atom is 0.417 e. The van der Waals surface area contributed by atoms with Crippen molar-refractivity contribution in [3.8, 4) is 0 Å².